The highest BCUT2D eigenvalue weighted by molar-refractivity contribution is 6.56. The van der Waals surface area contributed by atoms with Gasteiger partial charge in [-0.1, -0.05) is 46.7 Å². The lowest BCUT2D eigenvalue weighted by Gasteiger charge is -1.51. The van der Waals surface area contributed by atoms with Crippen LogP contribution in [-0.2, 0) is 0 Å². The Morgan fingerprint density at radius 3 is 1.06 bits per heavy atom. The van der Waals surface area contributed by atoms with Crippen LogP contribution in [0.25, 0.3) is 0 Å². The Kier molecular flexibility index (Phi) is 143. The van der Waals surface area contributed by atoms with E-state index in [1.54, 1.807) is 12.1 Å². The minimum absolute atomic E-state index is 0.778. The second kappa shape index (κ2) is 86.9. The standard InChI is InChI=1S/2C3H3N.C2H2.2CH2ClNO/c2*1-2-3-4;1-2;2*2-1-3-4/h2*2H,1H2;1-2H;2*1,4H/b;;;2*3-1-. The Hall–Kier alpha value is -2.46. The van der Waals surface area contributed by atoms with E-state index < -0.39 is 0 Å². The highest BCUT2D eigenvalue weighted by Crippen LogP contribution is 1.54. The van der Waals surface area contributed by atoms with Crippen LogP contribution in [0.2, 0.25) is 0 Å². The predicted octanol–water partition coefficient (Wildman–Crippen LogP) is 2.93. The fraction of sp³-hybridized carbons (Fsp3) is 0. The lowest BCUT2D eigenvalue weighted by Crippen LogP contribution is -1.43. The minimum atomic E-state index is 0.778. The van der Waals surface area contributed by atoms with E-state index in [1.807, 2.05) is 0 Å². The van der Waals surface area contributed by atoms with Crippen LogP contribution in [0, 0.1) is 35.5 Å². The van der Waals surface area contributed by atoms with Crippen LogP contribution < -0.4 is 0 Å². The van der Waals surface area contributed by atoms with Crippen molar-refractivity contribution in [3.63, 3.8) is 0 Å². The van der Waals surface area contributed by atoms with Gasteiger partial charge in [0, 0.05) is 12.2 Å². The van der Waals surface area contributed by atoms with Crippen LogP contribution in [0.15, 0.2) is 35.6 Å². The first kappa shape index (κ1) is 29.6. The maximum absolute atomic E-state index is 7.51. The maximum atomic E-state index is 7.51. The summed E-state index contributed by atoms with van der Waals surface area (Å²) in [6.45, 7) is 6.24. The third-order valence-electron chi connectivity index (χ3n) is 0.270. The smallest absolute Gasteiger partial charge is 0.132 e. The lowest BCUT2D eigenvalue weighted by atomic mass is 10.8. The molecule has 0 radical (unpaired) electrons. The van der Waals surface area contributed by atoms with Gasteiger partial charge in [-0.2, -0.15) is 10.5 Å². The highest BCUT2D eigenvalue weighted by Gasteiger charge is 1.38. The predicted molar refractivity (Wildman–Crippen MR) is 73.8 cm³/mol. The van der Waals surface area contributed by atoms with Gasteiger partial charge >= 0.3 is 0 Å². The number of nitrogens with zero attached hydrogens (tertiary/aromatic N) is 4. The zero-order valence-corrected chi connectivity index (χ0v) is 10.8. The molecule has 0 atom stereocenters. The van der Waals surface area contributed by atoms with E-state index >= 15 is 0 Å². The van der Waals surface area contributed by atoms with Crippen molar-refractivity contribution < 1.29 is 10.4 Å². The average Bonchev–Trinajstić information content (AvgIpc) is 2.49. The summed E-state index contributed by atoms with van der Waals surface area (Å²) in [6.07, 6.45) is 10.4. The third kappa shape index (κ3) is 898. The molecule has 0 rings (SSSR count). The van der Waals surface area contributed by atoms with Gasteiger partial charge in [0.1, 0.15) is 11.3 Å². The van der Waals surface area contributed by atoms with Crippen LogP contribution in [0.3, 0.4) is 0 Å². The molecule has 0 aromatic carbocycles. The molecule has 0 unspecified atom stereocenters. The SMILES string of the molecule is C#C.C=CC#N.C=CC#N.O/N=C\Cl.O/N=C\Cl. The number of rotatable bonds is 0. The zero-order valence-electron chi connectivity index (χ0n) is 9.32. The van der Waals surface area contributed by atoms with Gasteiger partial charge in [-0.05, 0) is 0 Å². The molecule has 0 aliphatic carbocycles. The Labute approximate surface area is 116 Å². The summed E-state index contributed by atoms with van der Waals surface area (Å²) in [5.74, 6) is 0. The molecule has 18 heavy (non-hydrogen) atoms. The van der Waals surface area contributed by atoms with Crippen LogP contribution in [0.1, 0.15) is 0 Å². The fourth-order valence-electron chi connectivity index (χ4n) is 0. The molecule has 0 amide bonds. The molecule has 0 aliphatic heterocycles. The number of hydrogen-bond acceptors (Lipinski definition) is 6. The number of halogens is 2. The van der Waals surface area contributed by atoms with Crippen molar-refractivity contribution in [2.45, 2.75) is 0 Å². The quantitative estimate of drug-likeness (QED) is 0.235. The van der Waals surface area contributed by atoms with Crippen molar-refractivity contribution in [2.75, 3.05) is 0 Å². The van der Waals surface area contributed by atoms with Gasteiger partial charge in [-0.25, -0.2) is 0 Å². The first-order valence-electron chi connectivity index (χ1n) is 3.53. The van der Waals surface area contributed by atoms with Crippen molar-refractivity contribution in [2.24, 2.45) is 10.3 Å². The molecule has 0 aromatic rings. The van der Waals surface area contributed by atoms with Crippen molar-refractivity contribution in [1.82, 2.24) is 0 Å². The average molecular weight is 291 g/mol. The Morgan fingerprint density at radius 1 is 0.944 bits per heavy atom. The number of oxime groups is 2. The monoisotopic (exact) mass is 290 g/mol. The lowest BCUT2D eigenvalue weighted by molar-refractivity contribution is 0.322. The summed E-state index contributed by atoms with van der Waals surface area (Å²) >= 11 is 9.29. The third-order valence-corrected chi connectivity index (χ3v) is 0.444. The van der Waals surface area contributed by atoms with Crippen molar-refractivity contribution >= 4 is 34.5 Å². The van der Waals surface area contributed by atoms with E-state index in [-0.39, 0.29) is 0 Å². The molecule has 0 fully saturated rings. The molecule has 0 saturated carbocycles. The van der Waals surface area contributed by atoms with Gasteiger partial charge in [-0.15, -0.1) is 12.8 Å². The number of hydrogen-bond donors (Lipinski definition) is 2. The Balaban J connectivity index is -0.0000000399. The van der Waals surface area contributed by atoms with E-state index in [0.29, 0.717) is 0 Å². The van der Waals surface area contributed by atoms with Crippen LogP contribution in [0.4, 0.5) is 0 Å². The van der Waals surface area contributed by atoms with E-state index in [4.69, 9.17) is 20.9 Å². The van der Waals surface area contributed by atoms with Gasteiger partial charge in [0.25, 0.3) is 0 Å². The summed E-state index contributed by atoms with van der Waals surface area (Å²) in [7, 11) is 0. The van der Waals surface area contributed by atoms with Crippen molar-refractivity contribution in [1.29, 1.82) is 10.5 Å². The van der Waals surface area contributed by atoms with Crippen LogP contribution >= 0.6 is 23.2 Å². The van der Waals surface area contributed by atoms with Gasteiger partial charge in [-0.3, -0.25) is 0 Å². The largest absolute Gasteiger partial charge is 0.410 e. The molecular weight excluding hydrogens is 279 g/mol. The number of allylic oxidation sites excluding steroid dienone is 2. The second-order valence-corrected chi connectivity index (χ2v) is 1.48. The molecule has 98 valence electrons. The summed E-state index contributed by atoms with van der Waals surface area (Å²) in [5.41, 5.74) is 1.56. The van der Waals surface area contributed by atoms with Gasteiger partial charge < -0.3 is 10.4 Å². The molecule has 2 N–H and O–H groups in total. The fourth-order valence-corrected chi connectivity index (χ4v) is 0. The van der Waals surface area contributed by atoms with E-state index in [0.717, 1.165) is 11.3 Å². The van der Waals surface area contributed by atoms with Crippen molar-refractivity contribution in [3.05, 3.63) is 25.3 Å². The summed E-state index contributed by atoms with van der Waals surface area (Å²) in [6, 6.07) is 3.39. The molecule has 8 heteroatoms. The minimum Gasteiger partial charge on any atom is -0.410 e. The molecule has 6 nitrogen and oxygen atoms in total. The summed E-state index contributed by atoms with van der Waals surface area (Å²) in [4.78, 5) is 0. The maximum Gasteiger partial charge on any atom is 0.132 e. The van der Waals surface area contributed by atoms with Gasteiger partial charge in [0.15, 0.2) is 0 Å². The summed E-state index contributed by atoms with van der Waals surface area (Å²) < 4.78 is 0. The number of nitriles is 2. The van der Waals surface area contributed by atoms with Crippen LogP contribution in [-0.4, -0.2) is 21.8 Å². The van der Waals surface area contributed by atoms with E-state index in [1.165, 1.54) is 12.2 Å². The molecule has 0 heterocycles. The Morgan fingerprint density at radius 2 is 1.06 bits per heavy atom. The zero-order chi connectivity index (χ0) is 15.7. The van der Waals surface area contributed by atoms with Gasteiger partial charge in [0.2, 0.25) is 0 Å². The van der Waals surface area contributed by atoms with E-state index in [9.17, 15) is 0 Å². The van der Waals surface area contributed by atoms with Gasteiger partial charge in [0.05, 0.1) is 12.1 Å². The number of terminal acetylenes is 1. The first-order chi connectivity index (χ1) is 8.66. The molecule has 0 bridgehead atoms. The topological polar surface area (TPSA) is 113 Å². The molecule has 0 aliphatic rings. The Bertz CT molecular complexity index is 265. The molecular formula is C10H12Cl2N4O2. The second-order valence-electron chi connectivity index (χ2n) is 1.09. The molecule has 0 spiro atoms. The molecule has 0 saturated heterocycles. The normalized spacial score (nSPS) is 5.89. The first-order valence-corrected chi connectivity index (χ1v) is 4.40. The summed E-state index contributed by atoms with van der Waals surface area (Å²) in [5, 5.41) is 34.4. The molecule has 0 aromatic heterocycles. The van der Waals surface area contributed by atoms with E-state index in [2.05, 4.69) is 59.5 Å². The van der Waals surface area contributed by atoms with Crippen LogP contribution in [0.5, 0.6) is 0 Å². The highest BCUT2D eigenvalue weighted by atomic mass is 35.5. The van der Waals surface area contributed by atoms with Crippen molar-refractivity contribution in [3.8, 4) is 25.0 Å².